The minimum atomic E-state index is -0.567. The van der Waals surface area contributed by atoms with E-state index in [1.807, 2.05) is 13.8 Å². The van der Waals surface area contributed by atoms with Crippen LogP contribution in [0.3, 0.4) is 0 Å². The summed E-state index contributed by atoms with van der Waals surface area (Å²) in [6.45, 7) is 4.53. The van der Waals surface area contributed by atoms with Gasteiger partial charge in [-0.3, -0.25) is 4.79 Å². The average molecular weight is 243 g/mol. The van der Waals surface area contributed by atoms with Crippen LogP contribution in [0.1, 0.15) is 26.7 Å². The van der Waals surface area contributed by atoms with Gasteiger partial charge in [-0.05, 0) is 31.8 Å². The Balaban J connectivity index is 2.76. The number of amides is 1. The van der Waals surface area contributed by atoms with Gasteiger partial charge in [0.2, 0.25) is 6.29 Å². The summed E-state index contributed by atoms with van der Waals surface area (Å²) < 4.78 is 10.9. The zero-order valence-electron chi connectivity index (χ0n) is 10.4. The largest absolute Gasteiger partial charge is 0.459 e. The third-order valence-corrected chi connectivity index (χ3v) is 2.95. The van der Waals surface area contributed by atoms with Gasteiger partial charge in [-0.25, -0.2) is 0 Å². The number of ether oxygens (including phenoxy) is 2. The Hall–Kier alpha value is -1.07. The summed E-state index contributed by atoms with van der Waals surface area (Å²) in [7, 11) is 0. The fourth-order valence-corrected chi connectivity index (χ4v) is 2.05. The maximum absolute atomic E-state index is 11.1. The lowest BCUT2D eigenvalue weighted by Crippen LogP contribution is -2.37. The molecule has 1 rings (SSSR count). The van der Waals surface area contributed by atoms with Gasteiger partial charge in [0.1, 0.15) is 0 Å². The van der Waals surface area contributed by atoms with Crippen LogP contribution in [0, 0.1) is 11.8 Å². The molecule has 0 saturated carbocycles. The van der Waals surface area contributed by atoms with Crippen molar-refractivity contribution in [1.82, 2.24) is 0 Å². The Labute approximate surface area is 102 Å². The average Bonchev–Trinajstić information content (AvgIpc) is 2.28. The normalized spacial score (nSPS) is 28.4. The number of aliphatic hydroxyl groups excluding tert-OH is 1. The first-order valence-electron chi connectivity index (χ1n) is 6.00. The molecular weight excluding hydrogens is 222 g/mol. The van der Waals surface area contributed by atoms with Gasteiger partial charge in [-0.2, -0.15) is 0 Å². The van der Waals surface area contributed by atoms with Crippen LogP contribution in [0.25, 0.3) is 0 Å². The van der Waals surface area contributed by atoms with Crippen molar-refractivity contribution in [3.8, 4) is 0 Å². The lowest BCUT2D eigenvalue weighted by molar-refractivity contribution is -0.170. The molecule has 1 heterocycles. The number of hydrogen-bond acceptors (Lipinski definition) is 4. The lowest BCUT2D eigenvalue weighted by Gasteiger charge is -2.34. The maximum atomic E-state index is 11.1. The molecule has 0 aliphatic carbocycles. The number of nitrogens with two attached hydrogens (primary N) is 1. The van der Waals surface area contributed by atoms with Crippen LogP contribution in [-0.4, -0.2) is 30.5 Å². The minimum absolute atomic E-state index is 0.144. The minimum Gasteiger partial charge on any atom is -0.459 e. The fraction of sp³-hybridized carbons (Fsp3) is 0.750. The second-order valence-electron chi connectivity index (χ2n) is 4.23. The molecule has 0 aromatic carbocycles. The molecule has 0 aromatic heterocycles. The highest BCUT2D eigenvalue weighted by Gasteiger charge is 2.33. The molecule has 0 fully saturated rings. The van der Waals surface area contributed by atoms with Crippen LogP contribution in [-0.2, 0) is 14.3 Å². The number of hydrogen-bond donors (Lipinski definition) is 2. The first-order chi connectivity index (χ1) is 8.10. The molecule has 98 valence electrons. The van der Waals surface area contributed by atoms with Crippen molar-refractivity contribution in [2.24, 2.45) is 17.6 Å². The molecule has 1 aliphatic rings. The van der Waals surface area contributed by atoms with Crippen molar-refractivity contribution in [1.29, 1.82) is 0 Å². The van der Waals surface area contributed by atoms with E-state index in [1.165, 1.54) is 0 Å². The molecule has 0 bridgehead atoms. The predicted octanol–water partition coefficient (Wildman–Crippen LogP) is 0.773. The van der Waals surface area contributed by atoms with Gasteiger partial charge in [0.25, 0.3) is 5.91 Å². The SMILES string of the molecule is CCO[C@@H]1OC(C(N)=O)=C[C@H](C)[C@H]1CCCO. The van der Waals surface area contributed by atoms with Crippen LogP contribution >= 0.6 is 0 Å². The van der Waals surface area contributed by atoms with Gasteiger partial charge < -0.3 is 20.3 Å². The van der Waals surface area contributed by atoms with E-state index in [2.05, 4.69) is 0 Å². The Kier molecular flexibility index (Phi) is 5.44. The second-order valence-corrected chi connectivity index (χ2v) is 4.23. The molecule has 1 amide bonds. The third kappa shape index (κ3) is 3.71. The topological polar surface area (TPSA) is 81.8 Å². The molecule has 3 atom stereocenters. The second kappa shape index (κ2) is 6.61. The summed E-state index contributed by atoms with van der Waals surface area (Å²) in [6, 6.07) is 0. The van der Waals surface area contributed by atoms with Crippen molar-refractivity contribution >= 4 is 5.91 Å². The zero-order valence-corrected chi connectivity index (χ0v) is 10.4. The number of carbonyl (C=O) groups is 1. The van der Waals surface area contributed by atoms with Crippen LogP contribution in [0.15, 0.2) is 11.8 Å². The highest BCUT2D eigenvalue weighted by atomic mass is 16.7. The van der Waals surface area contributed by atoms with Gasteiger partial charge in [-0.1, -0.05) is 6.92 Å². The monoisotopic (exact) mass is 243 g/mol. The first kappa shape index (κ1) is 14.0. The Bertz CT molecular complexity index is 290. The van der Waals surface area contributed by atoms with E-state index >= 15 is 0 Å². The highest BCUT2D eigenvalue weighted by molar-refractivity contribution is 5.90. The zero-order chi connectivity index (χ0) is 12.8. The molecule has 17 heavy (non-hydrogen) atoms. The number of allylic oxidation sites excluding steroid dienone is 1. The highest BCUT2D eigenvalue weighted by Crippen LogP contribution is 2.32. The van der Waals surface area contributed by atoms with Gasteiger partial charge in [0.05, 0.1) is 0 Å². The lowest BCUT2D eigenvalue weighted by atomic mass is 9.87. The van der Waals surface area contributed by atoms with Crippen LogP contribution in [0.4, 0.5) is 0 Å². The smallest absolute Gasteiger partial charge is 0.283 e. The van der Waals surface area contributed by atoms with Crippen LogP contribution in [0.2, 0.25) is 0 Å². The number of primary amides is 1. The third-order valence-electron chi connectivity index (χ3n) is 2.95. The van der Waals surface area contributed by atoms with E-state index in [4.69, 9.17) is 20.3 Å². The molecule has 0 radical (unpaired) electrons. The van der Waals surface area contributed by atoms with E-state index in [0.717, 1.165) is 6.42 Å². The van der Waals surface area contributed by atoms with E-state index < -0.39 is 12.2 Å². The van der Waals surface area contributed by atoms with Crippen molar-refractivity contribution < 1.29 is 19.4 Å². The van der Waals surface area contributed by atoms with Gasteiger partial charge in [0.15, 0.2) is 5.76 Å². The van der Waals surface area contributed by atoms with Crippen molar-refractivity contribution in [3.05, 3.63) is 11.8 Å². The van der Waals surface area contributed by atoms with E-state index in [-0.39, 0.29) is 24.2 Å². The van der Waals surface area contributed by atoms with Crippen LogP contribution in [0.5, 0.6) is 0 Å². The van der Waals surface area contributed by atoms with Gasteiger partial charge >= 0.3 is 0 Å². The number of rotatable bonds is 6. The summed E-state index contributed by atoms with van der Waals surface area (Å²) in [5.41, 5.74) is 5.21. The van der Waals surface area contributed by atoms with Gasteiger partial charge in [-0.15, -0.1) is 0 Å². The van der Waals surface area contributed by atoms with E-state index in [9.17, 15) is 4.79 Å². The van der Waals surface area contributed by atoms with E-state index in [1.54, 1.807) is 6.08 Å². The molecule has 5 nitrogen and oxygen atoms in total. The standard InChI is InChI=1S/C12H21NO4/c1-3-16-12-9(5-4-6-14)8(2)7-10(17-12)11(13)15/h7-9,12,14H,3-6H2,1-2H3,(H2,13,15)/t8-,9+,12+/m0/s1. The van der Waals surface area contributed by atoms with Crippen LogP contribution < -0.4 is 5.73 Å². The molecule has 3 N–H and O–H groups in total. The van der Waals surface area contributed by atoms with E-state index in [0.29, 0.717) is 13.0 Å². The Morgan fingerprint density at radius 2 is 2.35 bits per heavy atom. The molecular formula is C12H21NO4. The quantitative estimate of drug-likeness (QED) is 0.722. The molecule has 0 saturated heterocycles. The maximum Gasteiger partial charge on any atom is 0.283 e. The molecule has 0 spiro atoms. The summed E-state index contributed by atoms with van der Waals surface area (Å²) >= 11 is 0. The summed E-state index contributed by atoms with van der Waals surface area (Å²) in [5, 5.41) is 8.87. The predicted molar refractivity (Wildman–Crippen MR) is 62.8 cm³/mol. The molecule has 0 unspecified atom stereocenters. The Morgan fingerprint density at radius 1 is 1.65 bits per heavy atom. The summed E-state index contributed by atoms with van der Waals surface area (Å²) in [4.78, 5) is 11.1. The molecule has 1 aliphatic heterocycles. The summed E-state index contributed by atoms with van der Waals surface area (Å²) in [5.74, 6) is -0.0992. The first-order valence-corrected chi connectivity index (χ1v) is 6.00. The van der Waals surface area contributed by atoms with Crippen molar-refractivity contribution in [3.63, 3.8) is 0 Å². The van der Waals surface area contributed by atoms with Crippen molar-refractivity contribution in [2.75, 3.05) is 13.2 Å². The summed E-state index contributed by atoms with van der Waals surface area (Å²) in [6.07, 6.45) is 2.78. The van der Waals surface area contributed by atoms with Crippen molar-refractivity contribution in [2.45, 2.75) is 33.0 Å². The number of aliphatic hydroxyl groups is 1. The Morgan fingerprint density at radius 3 is 2.88 bits per heavy atom. The fourth-order valence-electron chi connectivity index (χ4n) is 2.05. The molecule has 5 heteroatoms. The number of carbonyl (C=O) groups excluding carboxylic acids is 1. The molecule has 0 aromatic rings. The van der Waals surface area contributed by atoms with Gasteiger partial charge in [0, 0.05) is 19.1 Å².